The van der Waals surface area contributed by atoms with Crippen LogP contribution in [0, 0.1) is 22.7 Å². The second kappa shape index (κ2) is 3.97. The quantitative estimate of drug-likeness (QED) is 0.609. The van der Waals surface area contributed by atoms with E-state index in [9.17, 15) is 4.79 Å². The summed E-state index contributed by atoms with van der Waals surface area (Å²) in [4.78, 5) is 12.4. The van der Waals surface area contributed by atoms with Crippen molar-refractivity contribution in [3.8, 4) is 12.1 Å². The molecule has 1 aliphatic heterocycles. The Bertz CT molecular complexity index is 729. The van der Waals surface area contributed by atoms with Crippen molar-refractivity contribution in [2.75, 3.05) is 0 Å². The van der Waals surface area contributed by atoms with Gasteiger partial charge in [0.1, 0.15) is 0 Å². The summed E-state index contributed by atoms with van der Waals surface area (Å²) in [5.74, 6) is -0.200. The van der Waals surface area contributed by atoms with Gasteiger partial charge < -0.3 is 0 Å². The third-order valence-corrected chi connectivity index (χ3v) is 2.98. The molecule has 3 rings (SSSR count). The summed E-state index contributed by atoms with van der Waals surface area (Å²) in [6, 6.07) is 13.6. The fourth-order valence-electron chi connectivity index (χ4n) is 2.04. The first kappa shape index (κ1) is 11.0. The van der Waals surface area contributed by atoms with Crippen molar-refractivity contribution < 1.29 is 4.79 Å². The molecule has 1 heterocycles. The van der Waals surface area contributed by atoms with Crippen molar-refractivity contribution in [2.45, 2.75) is 0 Å². The zero-order valence-electron chi connectivity index (χ0n) is 9.71. The molecule has 0 fully saturated rings. The SMILES string of the molecule is N#Cc1ccc2c(c1)C(=O)c1cc(C#N)ccc1[N]2. The summed E-state index contributed by atoms with van der Waals surface area (Å²) in [6.07, 6.45) is 0. The first-order valence-corrected chi connectivity index (χ1v) is 5.57. The Morgan fingerprint density at radius 1 is 0.842 bits per heavy atom. The molecule has 0 atom stereocenters. The number of hydrogen-bond acceptors (Lipinski definition) is 3. The molecule has 0 saturated carbocycles. The number of fused-ring (bicyclic) bond motifs is 2. The summed E-state index contributed by atoms with van der Waals surface area (Å²) in [5, 5.41) is 22.1. The lowest BCUT2D eigenvalue weighted by Gasteiger charge is -2.18. The Labute approximate surface area is 109 Å². The first-order valence-electron chi connectivity index (χ1n) is 5.57. The molecule has 1 radical (unpaired) electrons. The molecule has 0 unspecified atom stereocenters. The molecule has 0 saturated heterocycles. The van der Waals surface area contributed by atoms with Crippen molar-refractivity contribution in [1.82, 2.24) is 5.32 Å². The van der Waals surface area contributed by atoms with Crippen molar-refractivity contribution in [2.24, 2.45) is 0 Å². The van der Waals surface area contributed by atoms with Crippen LogP contribution in [0.25, 0.3) is 0 Å². The maximum atomic E-state index is 12.4. The predicted octanol–water partition coefficient (Wildman–Crippen LogP) is 2.54. The van der Waals surface area contributed by atoms with Gasteiger partial charge in [-0.25, -0.2) is 5.32 Å². The molecule has 0 amide bonds. The molecule has 2 aromatic rings. The normalized spacial score (nSPS) is 11.6. The molecular formula is C15H6N3O. The summed E-state index contributed by atoms with van der Waals surface area (Å²) >= 11 is 0. The molecule has 1 aliphatic rings. The van der Waals surface area contributed by atoms with Crippen molar-refractivity contribution >= 4 is 17.2 Å². The molecule has 0 spiro atoms. The lowest BCUT2D eigenvalue weighted by Crippen LogP contribution is -2.13. The number of rotatable bonds is 0. The second-order valence-electron chi connectivity index (χ2n) is 4.13. The van der Waals surface area contributed by atoms with Crippen molar-refractivity contribution in [1.29, 1.82) is 10.5 Å². The van der Waals surface area contributed by atoms with E-state index in [4.69, 9.17) is 10.5 Å². The summed E-state index contributed by atoms with van der Waals surface area (Å²) in [5.41, 5.74) is 2.76. The second-order valence-corrected chi connectivity index (χ2v) is 4.13. The number of benzene rings is 2. The Morgan fingerprint density at radius 2 is 1.32 bits per heavy atom. The summed E-state index contributed by atoms with van der Waals surface area (Å²) in [6.45, 7) is 0. The fourth-order valence-corrected chi connectivity index (χ4v) is 2.04. The van der Waals surface area contributed by atoms with Crippen molar-refractivity contribution in [3.63, 3.8) is 0 Å². The minimum atomic E-state index is -0.200. The van der Waals surface area contributed by atoms with Crippen LogP contribution in [0.3, 0.4) is 0 Å². The van der Waals surface area contributed by atoms with E-state index in [1.165, 1.54) is 12.1 Å². The number of nitrogens with zero attached hydrogens (tertiary/aromatic N) is 3. The van der Waals surface area contributed by atoms with Crippen LogP contribution in [0.4, 0.5) is 11.4 Å². The van der Waals surface area contributed by atoms with E-state index in [0.29, 0.717) is 33.6 Å². The topological polar surface area (TPSA) is 78.8 Å². The lowest BCUT2D eigenvalue weighted by molar-refractivity contribution is 0.103. The average molecular weight is 244 g/mol. The molecule has 4 heteroatoms. The van der Waals surface area contributed by atoms with Gasteiger partial charge in [-0.3, -0.25) is 4.79 Å². The molecule has 0 N–H and O–H groups in total. The highest BCUT2D eigenvalue weighted by molar-refractivity contribution is 6.17. The summed E-state index contributed by atoms with van der Waals surface area (Å²) < 4.78 is 0. The molecule has 0 aliphatic carbocycles. The monoisotopic (exact) mass is 244 g/mol. The van der Waals surface area contributed by atoms with Gasteiger partial charge in [0.2, 0.25) is 0 Å². The fraction of sp³-hybridized carbons (Fsp3) is 0. The molecule has 87 valence electrons. The number of ketones is 1. The van der Waals surface area contributed by atoms with Gasteiger partial charge in [0.25, 0.3) is 0 Å². The van der Waals surface area contributed by atoms with Crippen LogP contribution in [0.15, 0.2) is 36.4 Å². The first-order chi connectivity index (χ1) is 9.22. The number of carbonyl (C=O) groups is 1. The Morgan fingerprint density at radius 3 is 1.74 bits per heavy atom. The zero-order chi connectivity index (χ0) is 13.4. The van der Waals surface area contributed by atoms with Gasteiger partial charge in [-0.2, -0.15) is 10.5 Å². The van der Waals surface area contributed by atoms with Crippen molar-refractivity contribution in [3.05, 3.63) is 58.7 Å². The molecule has 2 aromatic carbocycles. The highest BCUT2D eigenvalue weighted by atomic mass is 16.1. The Balaban J connectivity index is 2.19. The van der Waals surface area contributed by atoms with E-state index in [-0.39, 0.29) is 5.78 Å². The maximum absolute atomic E-state index is 12.4. The van der Waals surface area contributed by atoms with E-state index in [1.807, 2.05) is 12.1 Å². The van der Waals surface area contributed by atoms with Gasteiger partial charge in [-0.15, -0.1) is 0 Å². The minimum absolute atomic E-state index is 0.200. The predicted molar refractivity (Wildman–Crippen MR) is 67.2 cm³/mol. The van der Waals surface area contributed by atoms with Crippen LogP contribution in [0.2, 0.25) is 0 Å². The molecule has 19 heavy (non-hydrogen) atoms. The van der Waals surface area contributed by atoms with E-state index in [2.05, 4.69) is 5.32 Å². The average Bonchev–Trinajstić information content (AvgIpc) is 2.47. The van der Waals surface area contributed by atoms with E-state index in [0.717, 1.165) is 0 Å². The molecule has 0 bridgehead atoms. The standard InChI is InChI=1S/C15H6N3O/c16-7-9-1-3-13-11(5-9)15(19)12-6-10(8-17)2-4-14(12)18-13/h1-6H. The summed E-state index contributed by atoms with van der Waals surface area (Å²) in [7, 11) is 0. The maximum Gasteiger partial charge on any atom is 0.197 e. The third kappa shape index (κ3) is 1.64. The van der Waals surface area contributed by atoms with Crippen LogP contribution in [-0.2, 0) is 0 Å². The number of carbonyl (C=O) groups excluding carboxylic acids is 1. The number of hydrogen-bond donors (Lipinski definition) is 0. The third-order valence-electron chi connectivity index (χ3n) is 2.98. The van der Waals surface area contributed by atoms with Crippen LogP contribution >= 0.6 is 0 Å². The zero-order valence-corrected chi connectivity index (χ0v) is 9.71. The Kier molecular flexibility index (Phi) is 2.30. The largest absolute Gasteiger partial charge is 0.288 e. The molecule has 0 aromatic heterocycles. The highest BCUT2D eigenvalue weighted by Gasteiger charge is 2.24. The van der Waals surface area contributed by atoms with Gasteiger partial charge in [-0.1, -0.05) is 0 Å². The van der Waals surface area contributed by atoms with Gasteiger partial charge in [0, 0.05) is 11.1 Å². The Hall–Kier alpha value is -3.11. The van der Waals surface area contributed by atoms with Gasteiger partial charge in [-0.05, 0) is 36.4 Å². The van der Waals surface area contributed by atoms with Crippen LogP contribution < -0.4 is 5.32 Å². The van der Waals surface area contributed by atoms with E-state index in [1.54, 1.807) is 24.3 Å². The van der Waals surface area contributed by atoms with Crippen LogP contribution in [0.1, 0.15) is 27.0 Å². The van der Waals surface area contributed by atoms with Crippen LogP contribution in [0.5, 0.6) is 0 Å². The van der Waals surface area contributed by atoms with Crippen LogP contribution in [-0.4, -0.2) is 5.78 Å². The minimum Gasteiger partial charge on any atom is -0.288 e. The van der Waals surface area contributed by atoms with Gasteiger partial charge >= 0.3 is 0 Å². The van der Waals surface area contributed by atoms with E-state index >= 15 is 0 Å². The smallest absolute Gasteiger partial charge is 0.197 e. The van der Waals surface area contributed by atoms with Gasteiger partial charge in [0.05, 0.1) is 34.6 Å². The van der Waals surface area contributed by atoms with E-state index < -0.39 is 0 Å². The lowest BCUT2D eigenvalue weighted by atomic mass is 9.93. The molecule has 4 nitrogen and oxygen atoms in total. The van der Waals surface area contributed by atoms with Gasteiger partial charge in [0.15, 0.2) is 5.78 Å². The molecular weight excluding hydrogens is 238 g/mol. The highest BCUT2D eigenvalue weighted by Crippen LogP contribution is 2.33. The number of nitriles is 2.